The molecule has 0 radical (unpaired) electrons. The van der Waals surface area contributed by atoms with Gasteiger partial charge in [-0.15, -0.1) is 11.8 Å². The van der Waals surface area contributed by atoms with Crippen LogP contribution in [-0.4, -0.2) is 79.6 Å². The molecular formula is C29H33N3O6S. The number of imide groups is 1. The number of benzene rings is 2. The summed E-state index contributed by atoms with van der Waals surface area (Å²) in [6.45, 7) is 7.27. The van der Waals surface area contributed by atoms with Crippen molar-refractivity contribution in [3.8, 4) is 0 Å². The molecule has 3 heterocycles. The fourth-order valence-electron chi connectivity index (χ4n) is 5.65. The third-order valence-electron chi connectivity index (χ3n) is 7.46. The first-order valence-corrected chi connectivity index (χ1v) is 14.0. The second-order valence-corrected chi connectivity index (χ2v) is 12.9. The number of amides is 2. The van der Waals surface area contributed by atoms with E-state index in [-0.39, 0.29) is 11.1 Å². The smallest absolute Gasteiger partial charge is 0.332 e. The van der Waals surface area contributed by atoms with Crippen molar-refractivity contribution in [2.75, 3.05) is 13.1 Å². The zero-order valence-corrected chi connectivity index (χ0v) is 23.1. The van der Waals surface area contributed by atoms with Crippen molar-refractivity contribution < 1.29 is 29.0 Å². The fraction of sp³-hybridized carbons (Fsp3) is 0.448. The molecule has 0 aromatic heterocycles. The Kier molecular flexibility index (Phi) is 7.30. The van der Waals surface area contributed by atoms with Gasteiger partial charge in [0.1, 0.15) is 11.6 Å². The van der Waals surface area contributed by atoms with E-state index in [1.54, 1.807) is 45.0 Å². The van der Waals surface area contributed by atoms with Crippen LogP contribution in [0.2, 0.25) is 0 Å². The number of carbonyl (C=O) groups excluding carboxylic acids is 3. The van der Waals surface area contributed by atoms with Crippen LogP contribution in [0.1, 0.15) is 59.9 Å². The minimum absolute atomic E-state index is 0.220. The molecule has 2 amide bonds. The molecule has 9 nitrogen and oxygen atoms in total. The third kappa shape index (κ3) is 5.33. The van der Waals surface area contributed by atoms with Crippen LogP contribution in [0.4, 0.5) is 0 Å². The van der Waals surface area contributed by atoms with Crippen LogP contribution >= 0.6 is 11.8 Å². The molecule has 5 rings (SSSR count). The number of carboxylic acid groups (broad SMARTS) is 1. The van der Waals surface area contributed by atoms with Gasteiger partial charge in [-0.25, -0.2) is 4.79 Å². The van der Waals surface area contributed by atoms with Crippen LogP contribution in [0.3, 0.4) is 0 Å². The van der Waals surface area contributed by atoms with Gasteiger partial charge in [0.25, 0.3) is 11.8 Å². The predicted octanol–water partition coefficient (Wildman–Crippen LogP) is 3.14. The van der Waals surface area contributed by atoms with Crippen molar-refractivity contribution >= 4 is 35.5 Å². The minimum atomic E-state index is -1.33. The van der Waals surface area contributed by atoms with Crippen molar-refractivity contribution in [1.82, 2.24) is 15.1 Å². The van der Waals surface area contributed by atoms with Gasteiger partial charge in [-0.05, 0) is 64.4 Å². The van der Waals surface area contributed by atoms with Crippen molar-refractivity contribution in [2.45, 2.75) is 68.0 Å². The van der Waals surface area contributed by atoms with Crippen LogP contribution in [0.15, 0.2) is 54.6 Å². The highest BCUT2D eigenvalue weighted by atomic mass is 32.2. The number of thioether (sulfide) groups is 1. The maximum atomic E-state index is 13.6. The molecule has 2 fully saturated rings. The molecule has 1 spiro atoms. The number of rotatable bonds is 6. The Bertz CT molecular complexity index is 1250. The molecular weight excluding hydrogens is 518 g/mol. The largest absolute Gasteiger partial charge is 0.480 e. The average Bonchev–Trinajstić information content (AvgIpc) is 3.37. The Labute approximate surface area is 231 Å². The molecule has 3 aliphatic rings. The summed E-state index contributed by atoms with van der Waals surface area (Å²) in [6, 6.07) is 14.3. The molecule has 2 aromatic carbocycles. The van der Waals surface area contributed by atoms with E-state index in [9.17, 15) is 24.3 Å². The highest BCUT2D eigenvalue weighted by molar-refractivity contribution is 8.01. The standard InChI is InChI=1S/C29H33N3O6S/c1-28(2,3)38-27(37)21(32-24(33)19-11-7-8-12-20(19)25(32)34)23-30-22(26(35)36)29(39-23)13-15-31(16-14-29)17-18-9-5-4-6-10-18/h4-12,21-23,30H,13-17H2,1-3H3,(H,35,36). The van der Waals surface area contributed by atoms with Crippen LogP contribution in [0, 0.1) is 0 Å². The number of esters is 1. The molecule has 3 aliphatic heterocycles. The number of carboxylic acids is 1. The number of nitrogens with one attached hydrogen (secondary N) is 1. The summed E-state index contributed by atoms with van der Waals surface area (Å²) in [6.07, 6.45) is 1.16. The van der Waals surface area contributed by atoms with Gasteiger partial charge < -0.3 is 9.84 Å². The fourth-order valence-corrected chi connectivity index (χ4v) is 7.44. The summed E-state index contributed by atoms with van der Waals surface area (Å²) >= 11 is 1.35. The lowest BCUT2D eigenvalue weighted by Gasteiger charge is -2.41. The molecule has 0 bridgehead atoms. The molecule has 2 aromatic rings. The molecule has 3 unspecified atom stereocenters. The summed E-state index contributed by atoms with van der Waals surface area (Å²) in [7, 11) is 0. The monoisotopic (exact) mass is 551 g/mol. The first-order chi connectivity index (χ1) is 18.5. The SMILES string of the molecule is CC(C)(C)OC(=O)C(C1NC(C(=O)O)C2(CCN(Cc3ccccc3)CC2)S1)N1C(=O)c2ccccc2C1=O. The Morgan fingerprint density at radius 1 is 1.03 bits per heavy atom. The van der Waals surface area contributed by atoms with Crippen LogP contribution < -0.4 is 5.32 Å². The zero-order valence-electron chi connectivity index (χ0n) is 22.3. The summed E-state index contributed by atoms with van der Waals surface area (Å²) < 4.78 is 4.98. The normalized spacial score (nSPS) is 23.6. The highest BCUT2D eigenvalue weighted by Gasteiger charge is 2.58. The molecule has 3 atom stereocenters. The summed E-state index contributed by atoms with van der Waals surface area (Å²) in [5, 5.41) is 12.5. The van der Waals surface area contributed by atoms with Gasteiger partial charge in [0.2, 0.25) is 0 Å². The maximum Gasteiger partial charge on any atom is 0.332 e. The van der Waals surface area contributed by atoms with E-state index in [1.807, 2.05) is 18.2 Å². The lowest BCUT2D eigenvalue weighted by Crippen LogP contribution is -2.57. The summed E-state index contributed by atoms with van der Waals surface area (Å²) in [5.74, 6) is -2.93. The van der Waals surface area contributed by atoms with E-state index in [2.05, 4.69) is 22.3 Å². The Balaban J connectivity index is 1.42. The van der Waals surface area contributed by atoms with Gasteiger partial charge in [0.15, 0.2) is 6.04 Å². The molecule has 0 aliphatic carbocycles. The van der Waals surface area contributed by atoms with Crippen LogP contribution in [0.25, 0.3) is 0 Å². The van der Waals surface area contributed by atoms with E-state index >= 15 is 0 Å². The molecule has 39 heavy (non-hydrogen) atoms. The Hall–Kier alpha value is -3.21. The lowest BCUT2D eigenvalue weighted by molar-refractivity contribution is -0.160. The topological polar surface area (TPSA) is 116 Å². The number of hydrogen-bond acceptors (Lipinski definition) is 8. The van der Waals surface area contributed by atoms with Gasteiger partial charge in [-0.3, -0.25) is 29.5 Å². The molecule has 2 saturated heterocycles. The summed E-state index contributed by atoms with van der Waals surface area (Å²) in [4.78, 5) is 56.2. The number of ether oxygens (including phenoxy) is 1. The van der Waals surface area contributed by atoms with Gasteiger partial charge >= 0.3 is 11.9 Å². The van der Waals surface area contributed by atoms with Gasteiger partial charge in [-0.2, -0.15) is 0 Å². The number of piperidine rings is 1. The van der Waals surface area contributed by atoms with Crippen molar-refractivity contribution in [1.29, 1.82) is 0 Å². The van der Waals surface area contributed by atoms with Gasteiger partial charge in [0, 0.05) is 11.3 Å². The van der Waals surface area contributed by atoms with Crippen molar-refractivity contribution in [2.24, 2.45) is 0 Å². The third-order valence-corrected chi connectivity index (χ3v) is 9.22. The Morgan fingerprint density at radius 2 is 1.59 bits per heavy atom. The first kappa shape index (κ1) is 27.4. The van der Waals surface area contributed by atoms with E-state index in [0.29, 0.717) is 25.9 Å². The highest BCUT2D eigenvalue weighted by Crippen LogP contribution is 2.48. The van der Waals surface area contributed by atoms with E-state index in [1.165, 1.54) is 17.3 Å². The van der Waals surface area contributed by atoms with Crippen LogP contribution in [-0.2, 0) is 20.9 Å². The van der Waals surface area contributed by atoms with Gasteiger partial charge in [-0.1, -0.05) is 42.5 Å². The zero-order chi connectivity index (χ0) is 27.9. The number of hydrogen-bond donors (Lipinski definition) is 2. The van der Waals surface area contributed by atoms with E-state index < -0.39 is 51.6 Å². The Morgan fingerprint density at radius 3 is 2.13 bits per heavy atom. The maximum absolute atomic E-state index is 13.6. The lowest BCUT2D eigenvalue weighted by atomic mass is 9.88. The summed E-state index contributed by atoms with van der Waals surface area (Å²) in [5.41, 5.74) is 0.758. The van der Waals surface area contributed by atoms with Crippen molar-refractivity contribution in [3.05, 3.63) is 71.3 Å². The minimum Gasteiger partial charge on any atom is -0.480 e. The number of likely N-dealkylation sites (tertiary alicyclic amines) is 1. The van der Waals surface area contributed by atoms with Crippen LogP contribution in [0.5, 0.6) is 0 Å². The number of nitrogens with zero attached hydrogens (tertiary/aromatic N) is 2. The first-order valence-electron chi connectivity index (χ1n) is 13.1. The predicted molar refractivity (Wildman–Crippen MR) is 146 cm³/mol. The number of carbonyl (C=O) groups is 4. The molecule has 10 heteroatoms. The van der Waals surface area contributed by atoms with Gasteiger partial charge in [0.05, 0.1) is 16.5 Å². The second kappa shape index (κ2) is 10.4. The van der Waals surface area contributed by atoms with Crippen molar-refractivity contribution in [3.63, 3.8) is 0 Å². The quantitative estimate of drug-likeness (QED) is 0.413. The molecule has 2 N–H and O–H groups in total. The number of aliphatic carboxylic acids is 1. The molecule has 0 saturated carbocycles. The molecule has 206 valence electrons. The number of fused-ring (bicyclic) bond motifs is 1. The van der Waals surface area contributed by atoms with E-state index in [0.717, 1.165) is 11.4 Å². The van der Waals surface area contributed by atoms with E-state index in [4.69, 9.17) is 4.74 Å². The average molecular weight is 552 g/mol. The second-order valence-electron chi connectivity index (χ2n) is 11.3.